The molecule has 0 aliphatic heterocycles. The van der Waals surface area contributed by atoms with Crippen LogP contribution in [0.3, 0.4) is 0 Å². The Hall–Kier alpha value is -2.07. The lowest BCUT2D eigenvalue weighted by atomic mass is 9.88. The van der Waals surface area contributed by atoms with Gasteiger partial charge in [0.2, 0.25) is 0 Å². The van der Waals surface area contributed by atoms with Gasteiger partial charge in [-0.15, -0.1) is 0 Å². The smallest absolute Gasteiger partial charge is 0.0985 e. The monoisotopic (exact) mass is 265 g/mol. The van der Waals surface area contributed by atoms with E-state index in [0.29, 0.717) is 11.5 Å². The summed E-state index contributed by atoms with van der Waals surface area (Å²) in [6.07, 6.45) is 5.88. The van der Waals surface area contributed by atoms with Crippen molar-refractivity contribution >= 4 is 5.57 Å². The van der Waals surface area contributed by atoms with Gasteiger partial charge in [0.25, 0.3) is 0 Å². The molecule has 0 aliphatic carbocycles. The van der Waals surface area contributed by atoms with E-state index in [0.717, 1.165) is 5.57 Å². The first-order chi connectivity index (χ1) is 9.40. The average Bonchev–Trinajstić information content (AvgIpc) is 2.40. The maximum absolute atomic E-state index is 8.95. The van der Waals surface area contributed by atoms with Crippen LogP contribution in [0.25, 0.3) is 5.57 Å². The minimum Gasteiger partial charge on any atom is -0.192 e. The van der Waals surface area contributed by atoms with Gasteiger partial charge in [-0.2, -0.15) is 5.26 Å². The highest BCUT2D eigenvalue weighted by Gasteiger charge is 2.11. The number of nitrogens with zero attached hydrogens (tertiary/aromatic N) is 1. The Morgan fingerprint density at radius 2 is 1.95 bits per heavy atom. The van der Waals surface area contributed by atoms with Crippen LogP contribution in [-0.4, -0.2) is 0 Å². The summed E-state index contributed by atoms with van der Waals surface area (Å²) < 4.78 is 0. The molecule has 0 N–H and O–H groups in total. The average molecular weight is 265 g/mol. The molecule has 0 saturated carbocycles. The molecule has 0 unspecified atom stereocenters. The van der Waals surface area contributed by atoms with Crippen molar-refractivity contribution in [3.8, 4) is 6.07 Å². The second-order valence-corrected chi connectivity index (χ2v) is 5.42. The van der Waals surface area contributed by atoms with Gasteiger partial charge in [-0.3, -0.25) is 0 Å². The van der Waals surface area contributed by atoms with Gasteiger partial charge in [0.05, 0.1) is 6.07 Å². The van der Waals surface area contributed by atoms with E-state index in [-0.39, 0.29) is 0 Å². The van der Waals surface area contributed by atoms with Crippen molar-refractivity contribution in [2.45, 2.75) is 40.5 Å². The van der Waals surface area contributed by atoms with E-state index in [1.807, 2.05) is 25.2 Å². The quantitative estimate of drug-likeness (QED) is 0.523. The number of benzene rings is 1. The second-order valence-electron chi connectivity index (χ2n) is 5.42. The number of nitriles is 1. The Balaban J connectivity index is 3.54. The van der Waals surface area contributed by atoms with E-state index in [4.69, 9.17) is 5.26 Å². The van der Waals surface area contributed by atoms with Gasteiger partial charge in [-0.1, -0.05) is 50.3 Å². The fourth-order valence-corrected chi connectivity index (χ4v) is 2.40. The number of hydrogen-bond acceptors (Lipinski definition) is 1. The standard InChI is InChI=1S/C19H23N/c1-7-8-17(9-15(5)12-20)19-11-14(4)10-18(13(2)3)16(19)6/h7-11,13H,5H2,1-4,6H3/b8-7-,17-9+. The second kappa shape index (κ2) is 6.91. The van der Waals surface area contributed by atoms with Crippen LogP contribution < -0.4 is 0 Å². The molecule has 0 amide bonds. The summed E-state index contributed by atoms with van der Waals surface area (Å²) in [6.45, 7) is 14.4. The number of rotatable bonds is 4. The molecule has 0 atom stereocenters. The van der Waals surface area contributed by atoms with Crippen LogP contribution in [0.2, 0.25) is 0 Å². The summed E-state index contributed by atoms with van der Waals surface area (Å²) in [5.74, 6) is 0.486. The molecule has 1 heteroatoms. The third-order valence-electron chi connectivity index (χ3n) is 3.34. The highest BCUT2D eigenvalue weighted by Crippen LogP contribution is 2.29. The zero-order valence-electron chi connectivity index (χ0n) is 13.1. The van der Waals surface area contributed by atoms with Crippen LogP contribution in [0.15, 0.2) is 42.5 Å². The molecule has 1 rings (SSSR count). The van der Waals surface area contributed by atoms with Crippen molar-refractivity contribution in [2.75, 3.05) is 0 Å². The third kappa shape index (κ3) is 3.71. The maximum Gasteiger partial charge on any atom is 0.0985 e. The van der Waals surface area contributed by atoms with E-state index >= 15 is 0 Å². The molecule has 1 aromatic rings. The molecule has 0 aliphatic rings. The van der Waals surface area contributed by atoms with Gasteiger partial charge < -0.3 is 0 Å². The molecule has 0 fully saturated rings. The summed E-state index contributed by atoms with van der Waals surface area (Å²) in [6, 6.07) is 6.51. The van der Waals surface area contributed by atoms with E-state index < -0.39 is 0 Å². The lowest BCUT2D eigenvalue weighted by Crippen LogP contribution is -1.98. The van der Waals surface area contributed by atoms with Crippen LogP contribution in [0.5, 0.6) is 0 Å². The fourth-order valence-electron chi connectivity index (χ4n) is 2.40. The Bertz CT molecular complexity index is 607. The molecular formula is C19H23N. The number of aryl methyl sites for hydroxylation is 1. The van der Waals surface area contributed by atoms with Crippen LogP contribution >= 0.6 is 0 Å². The topological polar surface area (TPSA) is 23.8 Å². The molecule has 0 heterocycles. The lowest BCUT2D eigenvalue weighted by Gasteiger charge is -2.16. The predicted molar refractivity (Wildman–Crippen MR) is 87.5 cm³/mol. The van der Waals surface area contributed by atoms with E-state index in [1.165, 1.54) is 22.3 Å². The number of hydrogen-bond donors (Lipinski definition) is 0. The van der Waals surface area contributed by atoms with Gasteiger partial charge in [0.1, 0.15) is 0 Å². The fraction of sp³-hybridized carbons (Fsp3) is 0.316. The van der Waals surface area contributed by atoms with E-state index in [1.54, 1.807) is 0 Å². The molecule has 0 bridgehead atoms. The summed E-state index contributed by atoms with van der Waals surface area (Å²) in [5, 5.41) is 8.95. The molecule has 0 spiro atoms. The van der Waals surface area contributed by atoms with Gasteiger partial charge in [0.15, 0.2) is 0 Å². The molecule has 0 aromatic heterocycles. The van der Waals surface area contributed by atoms with E-state index in [9.17, 15) is 0 Å². The van der Waals surface area contributed by atoms with Crippen molar-refractivity contribution in [3.63, 3.8) is 0 Å². The van der Waals surface area contributed by atoms with Crippen LogP contribution in [0, 0.1) is 25.2 Å². The minimum atomic E-state index is 0.477. The van der Waals surface area contributed by atoms with Gasteiger partial charge >= 0.3 is 0 Å². The first-order valence-electron chi connectivity index (χ1n) is 6.95. The molecule has 20 heavy (non-hydrogen) atoms. The third-order valence-corrected chi connectivity index (χ3v) is 3.34. The van der Waals surface area contributed by atoms with Crippen molar-refractivity contribution in [2.24, 2.45) is 0 Å². The zero-order chi connectivity index (χ0) is 15.3. The lowest BCUT2D eigenvalue weighted by molar-refractivity contribution is 0.853. The van der Waals surface area contributed by atoms with Crippen molar-refractivity contribution < 1.29 is 0 Å². The zero-order valence-corrected chi connectivity index (χ0v) is 13.1. The first kappa shape index (κ1) is 16.0. The molecule has 1 nitrogen and oxygen atoms in total. The van der Waals surface area contributed by atoms with Gasteiger partial charge in [-0.25, -0.2) is 0 Å². The normalized spacial score (nSPS) is 11.9. The summed E-state index contributed by atoms with van der Waals surface area (Å²) in [4.78, 5) is 0. The Morgan fingerprint density at radius 3 is 2.45 bits per heavy atom. The van der Waals surface area contributed by atoms with E-state index in [2.05, 4.69) is 52.5 Å². The molecule has 0 radical (unpaired) electrons. The Labute approximate surface area is 122 Å². The highest BCUT2D eigenvalue weighted by molar-refractivity contribution is 5.79. The van der Waals surface area contributed by atoms with Crippen molar-refractivity contribution in [1.82, 2.24) is 0 Å². The molecule has 1 aromatic carbocycles. The predicted octanol–water partition coefficient (Wildman–Crippen LogP) is 5.47. The van der Waals surface area contributed by atoms with Crippen molar-refractivity contribution in [1.29, 1.82) is 5.26 Å². The molecule has 0 saturated heterocycles. The van der Waals surface area contributed by atoms with Crippen LogP contribution in [-0.2, 0) is 0 Å². The van der Waals surface area contributed by atoms with Crippen molar-refractivity contribution in [3.05, 3.63) is 64.8 Å². The van der Waals surface area contributed by atoms with Gasteiger partial charge in [0, 0.05) is 5.57 Å². The Morgan fingerprint density at radius 1 is 1.30 bits per heavy atom. The summed E-state index contributed by atoms with van der Waals surface area (Å²) >= 11 is 0. The first-order valence-corrected chi connectivity index (χ1v) is 6.95. The Kier molecular flexibility index (Phi) is 5.53. The van der Waals surface area contributed by atoms with Gasteiger partial charge in [-0.05, 0) is 55.0 Å². The van der Waals surface area contributed by atoms with Crippen LogP contribution in [0.4, 0.5) is 0 Å². The maximum atomic E-state index is 8.95. The summed E-state index contributed by atoms with van der Waals surface area (Å²) in [5.41, 5.74) is 6.58. The number of allylic oxidation sites excluding steroid dienone is 5. The summed E-state index contributed by atoms with van der Waals surface area (Å²) in [7, 11) is 0. The highest BCUT2D eigenvalue weighted by atomic mass is 14.2. The largest absolute Gasteiger partial charge is 0.192 e. The van der Waals surface area contributed by atoms with Crippen LogP contribution in [0.1, 0.15) is 48.9 Å². The molecule has 104 valence electrons. The SMILES string of the molecule is C=C(C#N)/C=C(\C=C/C)c1cc(C)cc(C(C)C)c1C. The molecular weight excluding hydrogens is 242 g/mol. The minimum absolute atomic E-state index is 0.477.